The maximum Gasteiger partial charge on any atom is 0.316 e. The van der Waals surface area contributed by atoms with Gasteiger partial charge in [-0.05, 0) is 57.7 Å². The molecule has 0 aliphatic carbocycles. The Morgan fingerprint density at radius 3 is 2.40 bits per heavy atom. The number of carbonyl (C=O) groups is 2. The van der Waals surface area contributed by atoms with Gasteiger partial charge >= 0.3 is 6.03 Å². The number of primary amides is 1. The van der Waals surface area contributed by atoms with Gasteiger partial charge in [-0.15, -0.1) is 0 Å². The number of urea groups is 1. The molecule has 2 rings (SSSR count). The van der Waals surface area contributed by atoms with E-state index in [1.807, 2.05) is 30.3 Å². The fourth-order valence-corrected chi connectivity index (χ4v) is 2.85. The molecule has 0 aliphatic rings. The molecule has 0 saturated heterocycles. The molecular weight excluding hydrogens is 386 g/mol. The van der Waals surface area contributed by atoms with Crippen LogP contribution >= 0.6 is 15.9 Å². The Bertz CT molecular complexity index is 748. The highest BCUT2D eigenvalue weighted by Crippen LogP contribution is 2.25. The van der Waals surface area contributed by atoms with Crippen LogP contribution in [0.3, 0.4) is 0 Å². The van der Waals surface area contributed by atoms with Crippen LogP contribution in [0.25, 0.3) is 0 Å². The lowest BCUT2D eigenvalue weighted by atomic mass is 10.1. The van der Waals surface area contributed by atoms with E-state index in [0.717, 1.165) is 21.3 Å². The quantitative estimate of drug-likeness (QED) is 0.659. The number of carbonyl (C=O) groups excluding carboxylic acids is 2. The largest absolute Gasteiger partial charge is 0.496 e. The van der Waals surface area contributed by atoms with Gasteiger partial charge in [0.05, 0.1) is 11.6 Å². The Morgan fingerprint density at radius 1 is 1.12 bits per heavy atom. The molecule has 0 bridgehead atoms. The van der Waals surface area contributed by atoms with Crippen molar-refractivity contribution in [1.82, 2.24) is 5.32 Å². The fraction of sp³-hybridized carbons (Fsp3) is 0.222. The van der Waals surface area contributed by atoms with Crippen molar-refractivity contribution in [2.45, 2.75) is 19.4 Å². The maximum atomic E-state index is 12.0. The number of halogens is 1. The van der Waals surface area contributed by atoms with Crippen LogP contribution in [0, 0.1) is 0 Å². The van der Waals surface area contributed by atoms with Gasteiger partial charge in [0.2, 0.25) is 5.91 Å². The molecule has 132 valence electrons. The second-order valence-electron chi connectivity index (χ2n) is 5.43. The number of benzene rings is 2. The van der Waals surface area contributed by atoms with Crippen molar-refractivity contribution in [3.63, 3.8) is 0 Å². The second-order valence-corrected chi connectivity index (χ2v) is 6.29. The Morgan fingerprint density at radius 2 is 1.80 bits per heavy atom. The second kappa shape index (κ2) is 9.08. The lowest BCUT2D eigenvalue weighted by Crippen LogP contribution is -2.23. The molecule has 0 spiro atoms. The molecule has 0 aliphatic heterocycles. The number of aryl methyl sites for hydroxylation is 1. The van der Waals surface area contributed by atoms with E-state index < -0.39 is 6.03 Å². The molecule has 0 aromatic heterocycles. The minimum atomic E-state index is -0.605. The summed E-state index contributed by atoms with van der Waals surface area (Å²) in [6, 6.07) is 12.3. The minimum absolute atomic E-state index is 0.0220. The molecule has 25 heavy (non-hydrogen) atoms. The summed E-state index contributed by atoms with van der Waals surface area (Å²) in [5.41, 5.74) is 7.67. The third kappa shape index (κ3) is 6.11. The molecule has 0 saturated carbocycles. The summed E-state index contributed by atoms with van der Waals surface area (Å²) in [4.78, 5) is 22.7. The van der Waals surface area contributed by atoms with Gasteiger partial charge in [0.1, 0.15) is 5.75 Å². The topological polar surface area (TPSA) is 93.4 Å². The van der Waals surface area contributed by atoms with Crippen molar-refractivity contribution < 1.29 is 14.3 Å². The van der Waals surface area contributed by atoms with Crippen LogP contribution in [0.15, 0.2) is 46.9 Å². The van der Waals surface area contributed by atoms with Crippen LogP contribution < -0.4 is 21.1 Å². The van der Waals surface area contributed by atoms with E-state index in [9.17, 15) is 9.59 Å². The molecule has 0 heterocycles. The molecule has 0 radical (unpaired) electrons. The number of anilines is 1. The average molecular weight is 406 g/mol. The van der Waals surface area contributed by atoms with Gasteiger partial charge in [-0.3, -0.25) is 4.79 Å². The van der Waals surface area contributed by atoms with Crippen LogP contribution in [0.1, 0.15) is 17.5 Å². The monoisotopic (exact) mass is 405 g/mol. The van der Waals surface area contributed by atoms with Gasteiger partial charge in [-0.2, -0.15) is 0 Å². The van der Waals surface area contributed by atoms with Gasteiger partial charge in [-0.25, -0.2) is 4.79 Å². The van der Waals surface area contributed by atoms with E-state index in [0.29, 0.717) is 25.1 Å². The first kappa shape index (κ1) is 18.8. The molecule has 7 heteroatoms. The first-order valence-corrected chi connectivity index (χ1v) is 8.51. The molecule has 6 nitrogen and oxygen atoms in total. The van der Waals surface area contributed by atoms with Crippen molar-refractivity contribution in [2.24, 2.45) is 5.73 Å². The van der Waals surface area contributed by atoms with Crippen LogP contribution in [-0.2, 0) is 17.8 Å². The van der Waals surface area contributed by atoms with Crippen molar-refractivity contribution >= 4 is 33.6 Å². The highest BCUT2D eigenvalue weighted by molar-refractivity contribution is 9.10. The molecule has 2 aromatic rings. The molecule has 2 aromatic carbocycles. The first-order valence-electron chi connectivity index (χ1n) is 7.72. The zero-order chi connectivity index (χ0) is 18.2. The predicted octanol–water partition coefficient (Wildman–Crippen LogP) is 3.20. The SMILES string of the molecule is COc1ccc(CCC(=O)NCc2ccc(NC(N)=O)cc2)cc1Br. The zero-order valence-electron chi connectivity index (χ0n) is 13.8. The lowest BCUT2D eigenvalue weighted by molar-refractivity contribution is -0.121. The van der Waals surface area contributed by atoms with Gasteiger partial charge in [0, 0.05) is 18.7 Å². The average Bonchev–Trinajstić information content (AvgIpc) is 2.59. The standard InChI is InChI=1S/C18H20BrN3O3/c1-25-16-8-4-12(10-15(16)19)5-9-17(23)21-11-13-2-6-14(7-3-13)22-18(20)24/h2-4,6-8,10H,5,9,11H2,1H3,(H,21,23)(H3,20,22,24). The first-order chi connectivity index (χ1) is 12.0. The number of methoxy groups -OCH3 is 1. The Labute approximate surface area is 154 Å². The van der Waals surface area contributed by atoms with E-state index in [1.165, 1.54) is 0 Å². The summed E-state index contributed by atoms with van der Waals surface area (Å²) in [5.74, 6) is 0.744. The summed E-state index contributed by atoms with van der Waals surface area (Å²) < 4.78 is 6.06. The van der Waals surface area contributed by atoms with E-state index in [-0.39, 0.29) is 5.91 Å². The summed E-state index contributed by atoms with van der Waals surface area (Å²) in [6.07, 6.45) is 1.05. The highest BCUT2D eigenvalue weighted by Gasteiger charge is 2.05. The summed E-state index contributed by atoms with van der Waals surface area (Å²) >= 11 is 3.44. The summed E-state index contributed by atoms with van der Waals surface area (Å²) in [7, 11) is 1.61. The van der Waals surface area contributed by atoms with E-state index in [2.05, 4.69) is 26.6 Å². The van der Waals surface area contributed by atoms with Gasteiger partial charge in [0.25, 0.3) is 0 Å². The molecular formula is C18H20BrN3O3. The lowest BCUT2D eigenvalue weighted by Gasteiger charge is -2.08. The van der Waals surface area contributed by atoms with Crippen LogP contribution in [0.5, 0.6) is 5.75 Å². The Balaban J connectivity index is 1.78. The van der Waals surface area contributed by atoms with Crippen molar-refractivity contribution in [1.29, 1.82) is 0 Å². The third-order valence-electron chi connectivity index (χ3n) is 3.57. The molecule has 4 N–H and O–H groups in total. The van der Waals surface area contributed by atoms with Crippen molar-refractivity contribution in [3.8, 4) is 5.75 Å². The highest BCUT2D eigenvalue weighted by atomic mass is 79.9. The van der Waals surface area contributed by atoms with E-state index in [4.69, 9.17) is 10.5 Å². The smallest absolute Gasteiger partial charge is 0.316 e. The third-order valence-corrected chi connectivity index (χ3v) is 4.19. The number of hydrogen-bond donors (Lipinski definition) is 3. The van der Waals surface area contributed by atoms with Gasteiger partial charge in [-0.1, -0.05) is 18.2 Å². The van der Waals surface area contributed by atoms with E-state index in [1.54, 1.807) is 19.2 Å². The maximum absolute atomic E-state index is 12.0. The molecule has 0 fully saturated rings. The molecule has 3 amide bonds. The van der Waals surface area contributed by atoms with Crippen molar-refractivity contribution in [2.75, 3.05) is 12.4 Å². The summed E-state index contributed by atoms with van der Waals surface area (Å²) in [5, 5.41) is 5.37. The van der Waals surface area contributed by atoms with Gasteiger partial charge < -0.3 is 21.1 Å². The molecule has 0 unspecified atom stereocenters. The Kier molecular flexibility index (Phi) is 6.82. The summed E-state index contributed by atoms with van der Waals surface area (Å²) in [6.45, 7) is 0.433. The fourth-order valence-electron chi connectivity index (χ4n) is 2.26. The molecule has 0 atom stereocenters. The number of ether oxygens (including phenoxy) is 1. The Hall–Kier alpha value is -2.54. The number of nitrogens with one attached hydrogen (secondary N) is 2. The van der Waals surface area contributed by atoms with Crippen LogP contribution in [0.4, 0.5) is 10.5 Å². The number of rotatable bonds is 7. The van der Waals surface area contributed by atoms with Crippen LogP contribution in [-0.4, -0.2) is 19.0 Å². The number of nitrogens with two attached hydrogens (primary N) is 1. The van der Waals surface area contributed by atoms with Gasteiger partial charge in [0.15, 0.2) is 0 Å². The number of amides is 3. The van der Waals surface area contributed by atoms with Crippen molar-refractivity contribution in [3.05, 3.63) is 58.1 Å². The van der Waals surface area contributed by atoms with E-state index >= 15 is 0 Å². The normalized spacial score (nSPS) is 10.2. The van der Waals surface area contributed by atoms with Crippen LogP contribution in [0.2, 0.25) is 0 Å². The minimum Gasteiger partial charge on any atom is -0.496 e. The zero-order valence-corrected chi connectivity index (χ0v) is 15.4. The predicted molar refractivity (Wildman–Crippen MR) is 101 cm³/mol. The number of hydrogen-bond acceptors (Lipinski definition) is 3.